The van der Waals surface area contributed by atoms with Crippen molar-refractivity contribution in [3.63, 3.8) is 0 Å². The Morgan fingerprint density at radius 2 is 1.25 bits per heavy atom. The second-order valence-electron chi connectivity index (χ2n) is 1.61. The molecule has 0 radical (unpaired) electrons. The van der Waals surface area contributed by atoms with Gasteiger partial charge in [0, 0.05) is 0 Å². The fourth-order valence-electron chi connectivity index (χ4n) is 0.496. The van der Waals surface area contributed by atoms with Crippen LogP contribution in [0.3, 0.4) is 0 Å². The van der Waals surface area contributed by atoms with Crippen molar-refractivity contribution in [1.29, 1.82) is 0 Å². The molecule has 0 aliphatic carbocycles. The van der Waals surface area contributed by atoms with Gasteiger partial charge in [-0.1, -0.05) is 0 Å². The normalized spacial score (nSPS) is 12.0. The number of carbonyl (C=O) groups excluding carboxylic acids is 2. The lowest BCUT2D eigenvalue weighted by atomic mass is 10.3. The zero-order chi connectivity index (χ0) is 9.40. The molecule has 4 N–H and O–H groups in total. The lowest BCUT2D eigenvalue weighted by Crippen LogP contribution is -2.21. The highest BCUT2D eigenvalue weighted by Crippen LogP contribution is 1.98. The van der Waals surface area contributed by atoms with Crippen molar-refractivity contribution in [3.05, 3.63) is 23.9 Å². The lowest BCUT2D eigenvalue weighted by molar-refractivity contribution is -0.110. The summed E-state index contributed by atoms with van der Waals surface area (Å²) >= 11 is 0. The molecule has 0 aromatic rings. The molecule has 0 aliphatic heterocycles. The molecule has 0 saturated carbocycles. The molecule has 0 aromatic carbocycles. The van der Waals surface area contributed by atoms with Gasteiger partial charge in [0.15, 0.2) is 0 Å². The second-order valence-corrected chi connectivity index (χ2v) is 1.61. The number of aliphatic hydroxyl groups is 2. The predicted molar refractivity (Wildman–Crippen MR) is 39.8 cm³/mol. The van der Waals surface area contributed by atoms with E-state index in [1.165, 1.54) is 0 Å². The number of hydrogen-bond acceptors (Lipinski definition) is 4. The van der Waals surface area contributed by atoms with E-state index in [1.807, 2.05) is 10.6 Å². The second kappa shape index (κ2) is 5.78. The molecule has 0 spiro atoms. The van der Waals surface area contributed by atoms with Crippen LogP contribution in [-0.4, -0.2) is 23.0 Å². The SMILES string of the molecule is O=CNC(=CO)C(=CO)NC=O. The van der Waals surface area contributed by atoms with E-state index in [0.29, 0.717) is 12.5 Å². The number of aliphatic hydroxyl groups excluding tert-OH is 2. The van der Waals surface area contributed by atoms with Crippen LogP contribution < -0.4 is 10.6 Å². The molecule has 12 heavy (non-hydrogen) atoms. The third-order valence-electron chi connectivity index (χ3n) is 0.977. The largest absolute Gasteiger partial charge is 0.513 e. The standard InChI is InChI=1S/C6H8N2O4/c9-1-5(7-3-11)6(2-10)8-4-12/h1-4,9-10H,(H,7,11)(H,8,12). The van der Waals surface area contributed by atoms with Crippen LogP contribution in [0.15, 0.2) is 23.9 Å². The smallest absolute Gasteiger partial charge is 0.211 e. The third-order valence-corrected chi connectivity index (χ3v) is 0.977. The Morgan fingerprint density at radius 3 is 1.42 bits per heavy atom. The number of amides is 2. The minimum atomic E-state index is -0.111. The first kappa shape index (κ1) is 10.0. The number of hydrogen-bond donors (Lipinski definition) is 4. The zero-order valence-corrected chi connectivity index (χ0v) is 6.02. The highest BCUT2D eigenvalue weighted by molar-refractivity contribution is 5.57. The minimum absolute atomic E-state index is 0.111. The van der Waals surface area contributed by atoms with E-state index in [0.717, 1.165) is 0 Å². The summed E-state index contributed by atoms with van der Waals surface area (Å²) in [6.45, 7) is 0. The van der Waals surface area contributed by atoms with Crippen LogP contribution in [0.1, 0.15) is 0 Å². The van der Waals surface area contributed by atoms with Crippen LogP contribution in [0.2, 0.25) is 0 Å². The van der Waals surface area contributed by atoms with Crippen molar-refractivity contribution in [3.8, 4) is 0 Å². The van der Waals surface area contributed by atoms with E-state index in [-0.39, 0.29) is 24.2 Å². The molecule has 0 fully saturated rings. The highest BCUT2D eigenvalue weighted by Gasteiger charge is 2.02. The maximum absolute atomic E-state index is 9.91. The van der Waals surface area contributed by atoms with Crippen LogP contribution in [0, 0.1) is 0 Å². The van der Waals surface area contributed by atoms with E-state index < -0.39 is 0 Å². The van der Waals surface area contributed by atoms with Crippen molar-refractivity contribution in [1.82, 2.24) is 10.6 Å². The van der Waals surface area contributed by atoms with Crippen molar-refractivity contribution in [2.75, 3.05) is 0 Å². The van der Waals surface area contributed by atoms with Gasteiger partial charge in [0.2, 0.25) is 12.8 Å². The highest BCUT2D eigenvalue weighted by atomic mass is 16.2. The van der Waals surface area contributed by atoms with Gasteiger partial charge in [0.1, 0.15) is 23.9 Å². The van der Waals surface area contributed by atoms with Crippen LogP contribution in [0.25, 0.3) is 0 Å². The Bertz CT molecular complexity index is 198. The maximum Gasteiger partial charge on any atom is 0.211 e. The Morgan fingerprint density at radius 1 is 0.917 bits per heavy atom. The van der Waals surface area contributed by atoms with Gasteiger partial charge in [0.05, 0.1) is 0 Å². The van der Waals surface area contributed by atoms with Crippen LogP contribution in [0.5, 0.6) is 0 Å². The van der Waals surface area contributed by atoms with E-state index >= 15 is 0 Å². The van der Waals surface area contributed by atoms with E-state index in [1.54, 1.807) is 0 Å². The monoisotopic (exact) mass is 172 g/mol. The first-order valence-corrected chi connectivity index (χ1v) is 2.89. The Labute approximate surface area is 68.2 Å². The summed E-state index contributed by atoms with van der Waals surface area (Å²) in [7, 11) is 0. The molecule has 0 bridgehead atoms. The molecular formula is C6H8N2O4. The van der Waals surface area contributed by atoms with Crippen LogP contribution in [0.4, 0.5) is 0 Å². The van der Waals surface area contributed by atoms with Crippen molar-refractivity contribution in [2.24, 2.45) is 0 Å². The molecule has 0 aliphatic rings. The van der Waals surface area contributed by atoms with Gasteiger partial charge in [-0.25, -0.2) is 0 Å². The number of rotatable bonds is 5. The first-order chi connectivity index (χ1) is 5.79. The van der Waals surface area contributed by atoms with E-state index in [9.17, 15) is 9.59 Å². The van der Waals surface area contributed by atoms with Crippen LogP contribution >= 0.6 is 0 Å². The van der Waals surface area contributed by atoms with Crippen molar-refractivity contribution < 1.29 is 19.8 Å². The maximum atomic E-state index is 9.91. The van der Waals surface area contributed by atoms with Crippen LogP contribution in [-0.2, 0) is 9.59 Å². The molecular weight excluding hydrogens is 164 g/mol. The first-order valence-electron chi connectivity index (χ1n) is 2.89. The minimum Gasteiger partial charge on any atom is -0.513 e. The van der Waals surface area contributed by atoms with Gasteiger partial charge in [-0.2, -0.15) is 0 Å². The molecule has 2 amide bonds. The molecule has 6 heteroatoms. The van der Waals surface area contributed by atoms with Crippen molar-refractivity contribution in [2.45, 2.75) is 0 Å². The quantitative estimate of drug-likeness (QED) is 0.250. The third kappa shape index (κ3) is 2.74. The van der Waals surface area contributed by atoms with Gasteiger partial charge >= 0.3 is 0 Å². The summed E-state index contributed by atoms with van der Waals surface area (Å²) in [5.41, 5.74) is -0.223. The number of nitrogens with one attached hydrogen (secondary N) is 2. The van der Waals surface area contributed by atoms with Gasteiger partial charge in [-0.05, 0) is 0 Å². The van der Waals surface area contributed by atoms with E-state index in [4.69, 9.17) is 10.2 Å². The summed E-state index contributed by atoms with van der Waals surface area (Å²) in [6, 6.07) is 0. The molecule has 6 nitrogen and oxygen atoms in total. The van der Waals surface area contributed by atoms with Gasteiger partial charge in [-0.15, -0.1) is 0 Å². The van der Waals surface area contributed by atoms with Gasteiger partial charge in [-0.3, -0.25) is 9.59 Å². The average Bonchev–Trinajstić information content (AvgIpc) is 2.11. The summed E-state index contributed by atoms with van der Waals surface area (Å²) in [4.78, 5) is 19.8. The molecule has 0 rings (SSSR count). The lowest BCUT2D eigenvalue weighted by Gasteiger charge is -2.05. The van der Waals surface area contributed by atoms with Gasteiger partial charge in [0.25, 0.3) is 0 Å². The Kier molecular flexibility index (Phi) is 4.83. The zero-order valence-electron chi connectivity index (χ0n) is 6.02. The Hall–Kier alpha value is -1.98. The Balaban J connectivity index is 4.46. The fourth-order valence-corrected chi connectivity index (χ4v) is 0.496. The van der Waals surface area contributed by atoms with Crippen molar-refractivity contribution >= 4 is 12.8 Å². The molecule has 0 saturated heterocycles. The van der Waals surface area contributed by atoms with Gasteiger partial charge < -0.3 is 20.8 Å². The molecule has 0 heterocycles. The summed E-state index contributed by atoms with van der Waals surface area (Å²) < 4.78 is 0. The summed E-state index contributed by atoms with van der Waals surface area (Å²) in [5, 5.41) is 21.1. The van der Waals surface area contributed by atoms with E-state index in [2.05, 4.69) is 0 Å². The average molecular weight is 172 g/mol. The molecule has 66 valence electrons. The fraction of sp³-hybridized carbons (Fsp3) is 0. The molecule has 0 aromatic heterocycles. The summed E-state index contributed by atoms with van der Waals surface area (Å²) in [6.07, 6.45) is 1.65. The number of carbonyl (C=O) groups is 2. The predicted octanol–water partition coefficient (Wildman–Crippen LogP) is -0.723. The summed E-state index contributed by atoms with van der Waals surface area (Å²) in [5.74, 6) is 0. The topological polar surface area (TPSA) is 98.7 Å². The molecule has 0 unspecified atom stereocenters. The molecule has 0 atom stereocenters.